The molecule has 2 aromatic rings. The first kappa shape index (κ1) is 18.9. The van der Waals surface area contributed by atoms with Crippen molar-refractivity contribution in [3.63, 3.8) is 0 Å². The average Bonchev–Trinajstić information content (AvgIpc) is 3.26. The number of piperazine rings is 1. The number of thiophene rings is 1. The van der Waals surface area contributed by atoms with Crippen molar-refractivity contribution >= 4 is 17.3 Å². The molecule has 0 aliphatic carbocycles. The first-order valence-electron chi connectivity index (χ1n) is 9.37. The summed E-state index contributed by atoms with van der Waals surface area (Å²) in [5.74, 6) is 1.93. The zero-order valence-electron chi connectivity index (χ0n) is 16.0. The molecular weight excluding hydrogens is 346 g/mol. The second-order valence-electron chi connectivity index (χ2n) is 6.63. The Labute approximate surface area is 159 Å². The number of nitrogens with one attached hydrogen (secondary N) is 1. The molecule has 0 spiro atoms. The maximum atomic E-state index is 5.24. The zero-order valence-corrected chi connectivity index (χ0v) is 16.8. The number of hydrogen-bond donors (Lipinski definition) is 1. The van der Waals surface area contributed by atoms with Crippen molar-refractivity contribution in [3.05, 3.63) is 39.4 Å². The van der Waals surface area contributed by atoms with E-state index < -0.39 is 0 Å². The second-order valence-corrected chi connectivity index (χ2v) is 7.66. The summed E-state index contributed by atoms with van der Waals surface area (Å²) in [6.45, 7) is 13.0. The van der Waals surface area contributed by atoms with E-state index in [1.54, 1.807) is 0 Å². The van der Waals surface area contributed by atoms with Crippen molar-refractivity contribution in [1.29, 1.82) is 0 Å². The van der Waals surface area contributed by atoms with Crippen molar-refractivity contribution in [3.8, 4) is 0 Å². The van der Waals surface area contributed by atoms with Crippen LogP contribution in [0.1, 0.15) is 28.8 Å². The van der Waals surface area contributed by atoms with Crippen LogP contribution in [0, 0.1) is 13.8 Å². The predicted molar refractivity (Wildman–Crippen MR) is 107 cm³/mol. The van der Waals surface area contributed by atoms with E-state index in [2.05, 4.69) is 44.7 Å². The van der Waals surface area contributed by atoms with Crippen molar-refractivity contribution in [2.75, 3.05) is 39.3 Å². The molecule has 0 bridgehead atoms. The third-order valence-corrected chi connectivity index (χ3v) is 5.63. The van der Waals surface area contributed by atoms with Gasteiger partial charge in [0.2, 0.25) is 0 Å². The van der Waals surface area contributed by atoms with Gasteiger partial charge in [0.1, 0.15) is 5.76 Å². The van der Waals surface area contributed by atoms with Gasteiger partial charge in [-0.25, -0.2) is 0 Å². The van der Waals surface area contributed by atoms with Crippen LogP contribution in [0.2, 0.25) is 0 Å². The Morgan fingerprint density at radius 3 is 2.73 bits per heavy atom. The van der Waals surface area contributed by atoms with Gasteiger partial charge in [-0.1, -0.05) is 11.2 Å². The van der Waals surface area contributed by atoms with Crippen molar-refractivity contribution in [2.45, 2.75) is 33.7 Å². The molecule has 3 rings (SSSR count). The van der Waals surface area contributed by atoms with E-state index in [1.165, 1.54) is 10.4 Å². The van der Waals surface area contributed by atoms with Crippen molar-refractivity contribution < 1.29 is 4.52 Å². The van der Waals surface area contributed by atoms with E-state index in [1.807, 2.05) is 25.2 Å². The maximum absolute atomic E-state index is 5.24. The highest BCUT2D eigenvalue weighted by molar-refractivity contribution is 7.09. The van der Waals surface area contributed by atoms with Crippen LogP contribution in [0.4, 0.5) is 0 Å². The smallest absolute Gasteiger partial charge is 0.194 e. The summed E-state index contributed by atoms with van der Waals surface area (Å²) < 4.78 is 5.24. The van der Waals surface area contributed by atoms with Gasteiger partial charge in [0.15, 0.2) is 5.96 Å². The third-order valence-electron chi connectivity index (χ3n) is 4.77. The molecule has 1 saturated heterocycles. The Morgan fingerprint density at radius 1 is 1.31 bits per heavy atom. The molecule has 142 valence electrons. The lowest BCUT2D eigenvalue weighted by molar-refractivity contribution is 0.173. The predicted octanol–water partition coefficient (Wildman–Crippen LogP) is 2.68. The number of aromatic nitrogens is 1. The van der Waals surface area contributed by atoms with Gasteiger partial charge in [-0.05, 0) is 38.6 Å². The Morgan fingerprint density at radius 2 is 2.12 bits per heavy atom. The van der Waals surface area contributed by atoms with Crippen LogP contribution in [0.15, 0.2) is 27.0 Å². The summed E-state index contributed by atoms with van der Waals surface area (Å²) in [6, 6.07) is 4.35. The van der Waals surface area contributed by atoms with Gasteiger partial charge in [-0.15, -0.1) is 11.3 Å². The minimum absolute atomic E-state index is 0.751. The molecule has 0 unspecified atom stereocenters. The van der Waals surface area contributed by atoms with Gasteiger partial charge in [0.05, 0.1) is 5.69 Å². The van der Waals surface area contributed by atoms with Gasteiger partial charge in [0, 0.05) is 56.3 Å². The van der Waals surface area contributed by atoms with Crippen molar-refractivity contribution in [2.24, 2.45) is 4.99 Å². The molecule has 0 atom stereocenters. The first-order valence-corrected chi connectivity index (χ1v) is 10.2. The number of nitrogens with zero attached hydrogens (tertiary/aromatic N) is 4. The van der Waals surface area contributed by atoms with Gasteiger partial charge >= 0.3 is 0 Å². The van der Waals surface area contributed by atoms with Crippen LogP contribution < -0.4 is 5.32 Å². The second kappa shape index (κ2) is 9.19. The van der Waals surface area contributed by atoms with E-state index in [4.69, 9.17) is 9.52 Å². The minimum Gasteiger partial charge on any atom is -0.361 e. The van der Waals surface area contributed by atoms with Crippen LogP contribution in [0.3, 0.4) is 0 Å². The summed E-state index contributed by atoms with van der Waals surface area (Å²) in [5, 5.41) is 9.62. The number of aliphatic imine (C=N–C) groups is 1. The molecule has 0 radical (unpaired) electrons. The Kier molecular flexibility index (Phi) is 6.68. The first-order chi connectivity index (χ1) is 12.7. The van der Waals surface area contributed by atoms with Gasteiger partial charge in [-0.2, -0.15) is 0 Å². The number of rotatable bonds is 6. The van der Waals surface area contributed by atoms with E-state index in [-0.39, 0.29) is 0 Å². The topological polar surface area (TPSA) is 56.9 Å². The molecule has 26 heavy (non-hydrogen) atoms. The normalized spacial score (nSPS) is 16.3. The number of guanidine groups is 1. The molecular formula is C19H29N5OS. The Bertz CT molecular complexity index is 682. The summed E-state index contributed by atoms with van der Waals surface area (Å²) in [5.41, 5.74) is 2.16. The lowest BCUT2D eigenvalue weighted by Crippen LogP contribution is -2.52. The highest BCUT2D eigenvalue weighted by Crippen LogP contribution is 2.14. The highest BCUT2D eigenvalue weighted by Gasteiger charge is 2.20. The average molecular weight is 376 g/mol. The molecule has 7 heteroatoms. The van der Waals surface area contributed by atoms with E-state index in [9.17, 15) is 0 Å². The SMILES string of the molecule is CCNC(=NCCc1c(C)noc1C)N1CCN(Cc2cccs2)CC1. The minimum atomic E-state index is 0.751. The van der Waals surface area contributed by atoms with Crippen LogP contribution in [-0.2, 0) is 13.0 Å². The van der Waals surface area contributed by atoms with Gasteiger partial charge in [0.25, 0.3) is 0 Å². The van der Waals surface area contributed by atoms with Gasteiger partial charge < -0.3 is 14.7 Å². The number of hydrogen-bond acceptors (Lipinski definition) is 5. The quantitative estimate of drug-likeness (QED) is 0.621. The zero-order chi connectivity index (χ0) is 18.4. The van der Waals surface area contributed by atoms with Crippen molar-refractivity contribution in [1.82, 2.24) is 20.3 Å². The van der Waals surface area contributed by atoms with Crippen LogP contribution in [0.25, 0.3) is 0 Å². The maximum Gasteiger partial charge on any atom is 0.194 e. The number of aryl methyl sites for hydroxylation is 2. The summed E-state index contributed by atoms with van der Waals surface area (Å²) in [4.78, 5) is 11.2. The van der Waals surface area contributed by atoms with E-state index in [0.717, 1.165) is 69.6 Å². The molecule has 0 amide bonds. The fraction of sp³-hybridized carbons (Fsp3) is 0.579. The largest absolute Gasteiger partial charge is 0.361 e. The lowest BCUT2D eigenvalue weighted by Gasteiger charge is -2.36. The Hall–Kier alpha value is -1.86. The molecule has 1 aliphatic rings. The fourth-order valence-electron chi connectivity index (χ4n) is 3.30. The Balaban J connectivity index is 1.52. The molecule has 0 saturated carbocycles. The molecule has 1 fully saturated rings. The molecule has 6 nitrogen and oxygen atoms in total. The fourth-order valence-corrected chi connectivity index (χ4v) is 4.05. The molecule has 0 aromatic carbocycles. The van der Waals surface area contributed by atoms with E-state index >= 15 is 0 Å². The molecule has 2 aromatic heterocycles. The molecule has 3 heterocycles. The lowest BCUT2D eigenvalue weighted by atomic mass is 10.1. The monoisotopic (exact) mass is 375 g/mol. The summed E-state index contributed by atoms with van der Waals surface area (Å²) in [6.07, 6.45) is 0.869. The summed E-state index contributed by atoms with van der Waals surface area (Å²) >= 11 is 1.84. The van der Waals surface area contributed by atoms with E-state index in [0.29, 0.717) is 0 Å². The van der Waals surface area contributed by atoms with Gasteiger partial charge in [-0.3, -0.25) is 9.89 Å². The standard InChI is InChI=1S/C19H29N5OS/c1-4-20-19(21-8-7-18-15(2)22-25-16(18)3)24-11-9-23(10-12-24)14-17-6-5-13-26-17/h5-6,13H,4,7-12,14H2,1-3H3,(H,20,21). The highest BCUT2D eigenvalue weighted by atomic mass is 32.1. The summed E-state index contributed by atoms with van der Waals surface area (Å²) in [7, 11) is 0. The van der Waals surface area contributed by atoms with Crippen LogP contribution in [-0.4, -0.2) is 60.2 Å². The molecule has 1 aliphatic heterocycles. The molecule has 1 N–H and O–H groups in total. The van der Waals surface area contributed by atoms with Crippen LogP contribution >= 0.6 is 11.3 Å². The third kappa shape index (κ3) is 4.86. The van der Waals surface area contributed by atoms with Crippen LogP contribution in [0.5, 0.6) is 0 Å².